The van der Waals surface area contributed by atoms with Crippen molar-refractivity contribution in [2.24, 2.45) is 0 Å². The van der Waals surface area contributed by atoms with E-state index in [0.29, 0.717) is 16.9 Å². The lowest BCUT2D eigenvalue weighted by Crippen LogP contribution is -2.26. The molecule has 144 valence electrons. The van der Waals surface area contributed by atoms with Crippen molar-refractivity contribution < 1.29 is 4.74 Å². The number of nitrogens with zero attached hydrogens (tertiary/aromatic N) is 2. The summed E-state index contributed by atoms with van der Waals surface area (Å²) in [5.41, 5.74) is 2.41. The second kappa shape index (κ2) is 7.61. The number of rotatable bonds is 5. The third-order valence-electron chi connectivity index (χ3n) is 5.62. The highest BCUT2D eigenvalue weighted by Crippen LogP contribution is 2.41. The van der Waals surface area contributed by atoms with Crippen molar-refractivity contribution >= 4 is 11.6 Å². The van der Waals surface area contributed by atoms with Crippen molar-refractivity contribution in [3.63, 3.8) is 0 Å². The molecular weight excluding hydrogens is 370 g/mol. The summed E-state index contributed by atoms with van der Waals surface area (Å²) < 4.78 is 8.22. The second-order valence-corrected chi connectivity index (χ2v) is 8.18. The Kier molecular flexibility index (Phi) is 4.83. The highest BCUT2D eigenvalue weighted by atomic mass is 35.5. The van der Waals surface area contributed by atoms with Crippen molar-refractivity contribution in [2.45, 2.75) is 37.5 Å². The fourth-order valence-electron chi connectivity index (χ4n) is 3.88. The maximum atomic E-state index is 5.94. The molecule has 1 N–H and O–H groups in total. The van der Waals surface area contributed by atoms with E-state index in [0.717, 1.165) is 30.3 Å². The van der Waals surface area contributed by atoms with Crippen LogP contribution in [0.15, 0.2) is 54.7 Å². The minimum absolute atomic E-state index is 0.576. The van der Waals surface area contributed by atoms with Gasteiger partial charge >= 0.3 is 0 Å². The van der Waals surface area contributed by atoms with Crippen LogP contribution >= 0.6 is 11.6 Å². The predicted molar refractivity (Wildman–Crippen MR) is 112 cm³/mol. The molecule has 0 radical (unpaired) electrons. The summed E-state index contributed by atoms with van der Waals surface area (Å²) in [5, 5.41) is 4.15. The van der Waals surface area contributed by atoms with Gasteiger partial charge in [-0.1, -0.05) is 11.6 Å². The maximum absolute atomic E-state index is 5.94. The number of hydrogen-bond acceptors (Lipinski definition) is 3. The molecule has 1 aliphatic heterocycles. The number of nitrogens with one attached hydrogen (secondary N) is 1. The first kappa shape index (κ1) is 17.8. The van der Waals surface area contributed by atoms with Gasteiger partial charge in [0.05, 0.1) is 5.69 Å². The number of hydrogen-bond donors (Lipinski definition) is 1. The topological polar surface area (TPSA) is 39.1 Å². The SMILES string of the molecule is Clc1ccc(Oc2ccc(-n3cc(C4CCNCC4)nc3C3CC3)cc2)cc1. The Bertz CT molecular complexity index is 939. The van der Waals surface area contributed by atoms with Crippen LogP contribution in [0.5, 0.6) is 11.5 Å². The van der Waals surface area contributed by atoms with Crippen molar-refractivity contribution in [3.8, 4) is 17.2 Å². The van der Waals surface area contributed by atoms with Crippen LogP contribution in [0.4, 0.5) is 0 Å². The van der Waals surface area contributed by atoms with Crippen LogP contribution in [0.1, 0.15) is 49.0 Å². The molecule has 0 bridgehead atoms. The minimum Gasteiger partial charge on any atom is -0.457 e. The van der Waals surface area contributed by atoms with E-state index in [1.165, 1.54) is 37.2 Å². The fraction of sp³-hybridized carbons (Fsp3) is 0.348. The third-order valence-corrected chi connectivity index (χ3v) is 5.87. The van der Waals surface area contributed by atoms with Gasteiger partial charge in [0.2, 0.25) is 0 Å². The lowest BCUT2D eigenvalue weighted by atomic mass is 9.95. The van der Waals surface area contributed by atoms with Gasteiger partial charge in [-0.15, -0.1) is 0 Å². The molecular formula is C23H24ClN3O. The average Bonchev–Trinajstić information content (AvgIpc) is 3.49. The molecule has 28 heavy (non-hydrogen) atoms. The highest BCUT2D eigenvalue weighted by molar-refractivity contribution is 6.30. The first-order chi connectivity index (χ1) is 13.8. The van der Waals surface area contributed by atoms with Gasteiger partial charge in [-0.25, -0.2) is 4.98 Å². The van der Waals surface area contributed by atoms with E-state index >= 15 is 0 Å². The molecule has 0 amide bonds. The van der Waals surface area contributed by atoms with Crippen LogP contribution in [0.2, 0.25) is 5.02 Å². The summed E-state index contributed by atoms with van der Waals surface area (Å²) in [7, 11) is 0. The molecule has 2 aromatic carbocycles. The number of piperidine rings is 1. The van der Waals surface area contributed by atoms with Gasteiger partial charge in [0.15, 0.2) is 0 Å². The number of aromatic nitrogens is 2. The lowest BCUT2D eigenvalue weighted by molar-refractivity contribution is 0.454. The average molecular weight is 394 g/mol. The summed E-state index contributed by atoms with van der Waals surface area (Å²) in [6.45, 7) is 2.18. The molecule has 4 nitrogen and oxygen atoms in total. The highest BCUT2D eigenvalue weighted by Gasteiger charge is 2.31. The Morgan fingerprint density at radius 3 is 2.14 bits per heavy atom. The molecule has 2 fully saturated rings. The standard InChI is InChI=1S/C23H24ClN3O/c24-18-3-7-20(8-4-18)28-21-9-5-19(6-10-21)27-15-22(16-11-13-25-14-12-16)26-23(27)17-1-2-17/h3-10,15-17,25H,1-2,11-14H2. The Morgan fingerprint density at radius 2 is 1.50 bits per heavy atom. The van der Waals surface area contributed by atoms with Gasteiger partial charge in [0, 0.05) is 28.7 Å². The first-order valence-electron chi connectivity index (χ1n) is 10.1. The van der Waals surface area contributed by atoms with Crippen LogP contribution in [-0.2, 0) is 0 Å². The van der Waals surface area contributed by atoms with Crippen LogP contribution in [0.3, 0.4) is 0 Å². The zero-order valence-corrected chi connectivity index (χ0v) is 16.5. The quantitative estimate of drug-likeness (QED) is 0.607. The van der Waals surface area contributed by atoms with Crippen molar-refractivity contribution in [2.75, 3.05) is 13.1 Å². The lowest BCUT2D eigenvalue weighted by Gasteiger charge is -2.20. The summed E-state index contributed by atoms with van der Waals surface area (Å²) in [6, 6.07) is 15.7. The molecule has 0 spiro atoms. The molecule has 5 rings (SSSR count). The van der Waals surface area contributed by atoms with Gasteiger partial charge in [-0.05, 0) is 87.3 Å². The summed E-state index contributed by atoms with van der Waals surface area (Å²) in [6.07, 6.45) is 7.11. The minimum atomic E-state index is 0.576. The molecule has 2 aliphatic rings. The summed E-state index contributed by atoms with van der Waals surface area (Å²) in [4.78, 5) is 5.06. The molecule has 3 aromatic rings. The van der Waals surface area contributed by atoms with Gasteiger partial charge in [0.1, 0.15) is 17.3 Å². The zero-order chi connectivity index (χ0) is 18.9. The van der Waals surface area contributed by atoms with Crippen molar-refractivity contribution in [1.82, 2.24) is 14.9 Å². The Morgan fingerprint density at radius 1 is 0.857 bits per heavy atom. The Hall–Kier alpha value is -2.30. The number of halogens is 1. The summed E-state index contributed by atoms with van der Waals surface area (Å²) >= 11 is 5.94. The van der Waals surface area contributed by atoms with Gasteiger partial charge < -0.3 is 14.6 Å². The van der Waals surface area contributed by atoms with E-state index in [2.05, 4.69) is 28.2 Å². The predicted octanol–water partition coefficient (Wildman–Crippen LogP) is 5.66. The van der Waals surface area contributed by atoms with E-state index in [1.807, 2.05) is 36.4 Å². The molecule has 1 saturated heterocycles. The molecule has 5 heteroatoms. The van der Waals surface area contributed by atoms with Crippen LogP contribution in [0.25, 0.3) is 5.69 Å². The molecule has 1 aliphatic carbocycles. The van der Waals surface area contributed by atoms with Crippen LogP contribution < -0.4 is 10.1 Å². The van der Waals surface area contributed by atoms with E-state index in [4.69, 9.17) is 21.3 Å². The van der Waals surface area contributed by atoms with E-state index in [9.17, 15) is 0 Å². The Labute approximate surface area is 170 Å². The van der Waals surface area contributed by atoms with Gasteiger partial charge in [0.25, 0.3) is 0 Å². The van der Waals surface area contributed by atoms with Crippen LogP contribution in [-0.4, -0.2) is 22.6 Å². The van der Waals surface area contributed by atoms with Crippen molar-refractivity contribution in [1.29, 1.82) is 0 Å². The molecule has 1 aromatic heterocycles. The number of benzene rings is 2. The Balaban J connectivity index is 1.39. The normalized spacial score (nSPS) is 17.6. The summed E-state index contributed by atoms with van der Waals surface area (Å²) in [5.74, 6) is 4.01. The number of ether oxygens (including phenoxy) is 1. The van der Waals surface area contributed by atoms with Crippen LogP contribution in [0, 0.1) is 0 Å². The smallest absolute Gasteiger partial charge is 0.127 e. The third kappa shape index (κ3) is 3.80. The van der Waals surface area contributed by atoms with Gasteiger partial charge in [-0.3, -0.25) is 0 Å². The number of imidazole rings is 1. The molecule has 2 heterocycles. The molecule has 0 unspecified atom stereocenters. The monoisotopic (exact) mass is 393 g/mol. The first-order valence-corrected chi connectivity index (χ1v) is 10.5. The van der Waals surface area contributed by atoms with E-state index in [-0.39, 0.29) is 0 Å². The van der Waals surface area contributed by atoms with Gasteiger partial charge in [-0.2, -0.15) is 0 Å². The van der Waals surface area contributed by atoms with E-state index < -0.39 is 0 Å². The largest absolute Gasteiger partial charge is 0.457 e. The van der Waals surface area contributed by atoms with Crippen molar-refractivity contribution in [3.05, 3.63) is 71.3 Å². The fourth-order valence-corrected chi connectivity index (χ4v) is 4.00. The maximum Gasteiger partial charge on any atom is 0.127 e. The molecule has 0 atom stereocenters. The zero-order valence-electron chi connectivity index (χ0n) is 15.8. The molecule has 1 saturated carbocycles. The van der Waals surface area contributed by atoms with E-state index in [1.54, 1.807) is 0 Å². The second-order valence-electron chi connectivity index (χ2n) is 7.74.